The minimum Gasteiger partial charge on any atom is -0.388 e. The van der Waals surface area contributed by atoms with Gasteiger partial charge in [-0.25, -0.2) is 0 Å². The first-order valence-electron chi connectivity index (χ1n) is 6.42. The number of hydrogen-bond donors (Lipinski definition) is 2. The van der Waals surface area contributed by atoms with Crippen molar-refractivity contribution in [1.29, 1.82) is 0 Å². The third-order valence-corrected chi connectivity index (χ3v) is 5.20. The third-order valence-electron chi connectivity index (χ3n) is 3.44. The van der Waals surface area contributed by atoms with Crippen LogP contribution in [0.3, 0.4) is 0 Å². The van der Waals surface area contributed by atoms with Crippen molar-refractivity contribution in [2.75, 3.05) is 18.1 Å². The van der Waals surface area contributed by atoms with Crippen LogP contribution in [-0.2, 0) is 0 Å². The van der Waals surface area contributed by atoms with Crippen molar-refractivity contribution >= 4 is 27.7 Å². The number of hydrogen-bond acceptors (Lipinski definition) is 3. The summed E-state index contributed by atoms with van der Waals surface area (Å²) >= 11 is 5.30. The first-order chi connectivity index (χ1) is 8.63. The topological polar surface area (TPSA) is 32.3 Å². The maximum Gasteiger partial charge on any atom is 0.0869 e. The Bertz CT molecular complexity index is 376. The van der Waals surface area contributed by atoms with Crippen LogP contribution < -0.4 is 5.32 Å². The predicted octanol–water partition coefficient (Wildman–Crippen LogP) is 3.36. The molecule has 0 aromatic heterocycles. The molecule has 4 heteroatoms. The number of aliphatic hydroxyl groups is 1. The normalized spacial score (nSPS) is 25.3. The fraction of sp³-hybridized carbons (Fsp3) is 0.571. The van der Waals surface area contributed by atoms with Crippen molar-refractivity contribution in [3.63, 3.8) is 0 Å². The minimum absolute atomic E-state index is 0.327. The van der Waals surface area contributed by atoms with E-state index in [0.29, 0.717) is 12.6 Å². The Labute approximate surface area is 122 Å². The van der Waals surface area contributed by atoms with E-state index in [0.717, 1.165) is 28.8 Å². The highest BCUT2D eigenvalue weighted by Crippen LogP contribution is 2.28. The van der Waals surface area contributed by atoms with Crippen molar-refractivity contribution in [3.8, 4) is 0 Å². The van der Waals surface area contributed by atoms with Gasteiger partial charge in [-0.3, -0.25) is 0 Å². The monoisotopic (exact) mass is 329 g/mol. The molecule has 18 heavy (non-hydrogen) atoms. The summed E-state index contributed by atoms with van der Waals surface area (Å²) in [5, 5.41) is 13.8. The van der Waals surface area contributed by atoms with E-state index in [-0.39, 0.29) is 0 Å². The Morgan fingerprint density at radius 3 is 2.72 bits per heavy atom. The van der Waals surface area contributed by atoms with Gasteiger partial charge in [0.1, 0.15) is 0 Å². The molecule has 0 bridgehead atoms. The van der Waals surface area contributed by atoms with Crippen molar-refractivity contribution in [2.45, 2.75) is 31.4 Å². The van der Waals surface area contributed by atoms with Crippen LogP contribution in [0.15, 0.2) is 28.7 Å². The Hall–Kier alpha value is -0.0300. The molecule has 1 fully saturated rings. The average Bonchev–Trinajstić information content (AvgIpc) is 2.79. The van der Waals surface area contributed by atoms with Crippen LogP contribution in [0, 0.1) is 0 Å². The summed E-state index contributed by atoms with van der Waals surface area (Å²) in [7, 11) is 0. The lowest BCUT2D eigenvalue weighted by atomic mass is 10.0. The van der Waals surface area contributed by atoms with Gasteiger partial charge in [-0.1, -0.05) is 35.0 Å². The molecule has 2 rings (SSSR count). The standard InChI is InChI=1S/C14H20BrNOS/c1-2-13(11-3-5-12(15)6-4-11)16-9-14(17)7-8-18-10-14/h3-6,13,16-17H,2,7-10H2,1H3. The Morgan fingerprint density at radius 2 is 2.17 bits per heavy atom. The summed E-state index contributed by atoms with van der Waals surface area (Å²) in [5.41, 5.74) is 0.780. The molecular formula is C14H20BrNOS. The molecule has 1 heterocycles. The second-order valence-corrected chi connectivity index (χ2v) is 6.94. The molecule has 1 aromatic carbocycles. The Morgan fingerprint density at radius 1 is 1.44 bits per heavy atom. The van der Waals surface area contributed by atoms with Gasteiger partial charge in [0.25, 0.3) is 0 Å². The van der Waals surface area contributed by atoms with Crippen LogP contribution in [0.4, 0.5) is 0 Å². The smallest absolute Gasteiger partial charge is 0.0869 e. The molecule has 1 aromatic rings. The summed E-state index contributed by atoms with van der Waals surface area (Å²) in [6, 6.07) is 8.74. The maximum absolute atomic E-state index is 10.3. The lowest BCUT2D eigenvalue weighted by Gasteiger charge is -2.26. The summed E-state index contributed by atoms with van der Waals surface area (Å²) in [6.07, 6.45) is 1.94. The third kappa shape index (κ3) is 3.73. The molecule has 0 spiro atoms. The van der Waals surface area contributed by atoms with E-state index in [9.17, 15) is 5.11 Å². The van der Waals surface area contributed by atoms with Gasteiger partial charge in [0.15, 0.2) is 0 Å². The number of benzene rings is 1. The van der Waals surface area contributed by atoms with E-state index in [2.05, 4.69) is 52.4 Å². The fourth-order valence-corrected chi connectivity index (χ4v) is 3.80. The van der Waals surface area contributed by atoms with Gasteiger partial charge in [0.05, 0.1) is 5.60 Å². The van der Waals surface area contributed by atoms with Crippen LogP contribution in [0.5, 0.6) is 0 Å². The van der Waals surface area contributed by atoms with Crippen molar-refractivity contribution in [3.05, 3.63) is 34.3 Å². The fourth-order valence-electron chi connectivity index (χ4n) is 2.24. The predicted molar refractivity (Wildman–Crippen MR) is 82.1 cm³/mol. The van der Waals surface area contributed by atoms with Crippen LogP contribution >= 0.6 is 27.7 Å². The molecule has 2 atom stereocenters. The second-order valence-electron chi connectivity index (χ2n) is 4.92. The number of nitrogens with one attached hydrogen (secondary N) is 1. The van der Waals surface area contributed by atoms with E-state index in [4.69, 9.17) is 0 Å². The zero-order valence-corrected chi connectivity index (χ0v) is 13.1. The molecule has 100 valence electrons. The largest absolute Gasteiger partial charge is 0.388 e. The zero-order chi connectivity index (χ0) is 13.0. The van der Waals surface area contributed by atoms with Crippen LogP contribution in [-0.4, -0.2) is 28.8 Å². The van der Waals surface area contributed by atoms with Gasteiger partial charge in [0, 0.05) is 22.8 Å². The van der Waals surface area contributed by atoms with Gasteiger partial charge in [-0.15, -0.1) is 0 Å². The van der Waals surface area contributed by atoms with E-state index in [1.54, 1.807) is 0 Å². The van der Waals surface area contributed by atoms with Crippen LogP contribution in [0.25, 0.3) is 0 Å². The first kappa shape index (κ1) is 14.4. The number of thioether (sulfide) groups is 1. The molecule has 2 N–H and O–H groups in total. The van der Waals surface area contributed by atoms with Crippen LogP contribution in [0.1, 0.15) is 31.4 Å². The van der Waals surface area contributed by atoms with E-state index < -0.39 is 5.60 Å². The molecule has 0 amide bonds. The van der Waals surface area contributed by atoms with Crippen molar-refractivity contribution < 1.29 is 5.11 Å². The van der Waals surface area contributed by atoms with Gasteiger partial charge in [-0.05, 0) is 36.3 Å². The zero-order valence-electron chi connectivity index (χ0n) is 10.7. The molecule has 2 nitrogen and oxygen atoms in total. The molecule has 0 radical (unpaired) electrons. The molecule has 1 saturated heterocycles. The highest BCUT2D eigenvalue weighted by atomic mass is 79.9. The molecule has 0 aliphatic carbocycles. The molecular weight excluding hydrogens is 310 g/mol. The van der Waals surface area contributed by atoms with Gasteiger partial charge < -0.3 is 10.4 Å². The highest BCUT2D eigenvalue weighted by Gasteiger charge is 2.31. The lowest BCUT2D eigenvalue weighted by molar-refractivity contribution is 0.0644. The summed E-state index contributed by atoms with van der Waals surface area (Å²) < 4.78 is 1.10. The van der Waals surface area contributed by atoms with E-state index >= 15 is 0 Å². The summed E-state index contributed by atoms with van der Waals surface area (Å²) in [6.45, 7) is 2.86. The minimum atomic E-state index is -0.506. The number of halogens is 1. The maximum atomic E-state index is 10.3. The molecule has 0 saturated carbocycles. The van der Waals surface area contributed by atoms with E-state index in [1.165, 1.54) is 5.56 Å². The van der Waals surface area contributed by atoms with E-state index in [1.807, 2.05) is 11.8 Å². The molecule has 2 unspecified atom stereocenters. The van der Waals surface area contributed by atoms with Crippen molar-refractivity contribution in [1.82, 2.24) is 5.32 Å². The molecule has 1 aliphatic heterocycles. The highest BCUT2D eigenvalue weighted by molar-refractivity contribution is 9.10. The number of rotatable bonds is 5. The summed E-state index contributed by atoms with van der Waals surface area (Å²) in [5.74, 6) is 1.93. The quantitative estimate of drug-likeness (QED) is 0.868. The second kappa shape index (κ2) is 6.42. The summed E-state index contributed by atoms with van der Waals surface area (Å²) in [4.78, 5) is 0. The van der Waals surface area contributed by atoms with Gasteiger partial charge in [-0.2, -0.15) is 11.8 Å². The van der Waals surface area contributed by atoms with Crippen LogP contribution in [0.2, 0.25) is 0 Å². The van der Waals surface area contributed by atoms with Gasteiger partial charge >= 0.3 is 0 Å². The molecule has 1 aliphatic rings. The van der Waals surface area contributed by atoms with Crippen molar-refractivity contribution in [2.24, 2.45) is 0 Å². The first-order valence-corrected chi connectivity index (χ1v) is 8.37. The van der Waals surface area contributed by atoms with Gasteiger partial charge in [0.2, 0.25) is 0 Å². The Balaban J connectivity index is 1.95. The Kier molecular flexibility index (Phi) is 5.13. The lowest BCUT2D eigenvalue weighted by Crippen LogP contribution is -2.41. The SMILES string of the molecule is CCC(NCC1(O)CCSC1)c1ccc(Br)cc1. The average molecular weight is 330 g/mol.